The first-order valence-electron chi connectivity index (χ1n) is 12.5. The van der Waals surface area contributed by atoms with Gasteiger partial charge >= 0.3 is 18.1 Å². The molecule has 3 aliphatic rings. The van der Waals surface area contributed by atoms with Gasteiger partial charge in [-0.15, -0.1) is 23.1 Å². The van der Waals surface area contributed by atoms with Gasteiger partial charge in [0.1, 0.15) is 30.7 Å². The second-order valence-corrected chi connectivity index (χ2v) is 12.2. The molecule has 0 aromatic carbocycles. The van der Waals surface area contributed by atoms with Crippen molar-refractivity contribution >= 4 is 76.0 Å². The van der Waals surface area contributed by atoms with Gasteiger partial charge in [0, 0.05) is 28.9 Å². The van der Waals surface area contributed by atoms with E-state index in [1.165, 1.54) is 26.6 Å². The number of aliphatic carboxylic acids is 2. The number of fused-ring (bicyclic) bond motifs is 1. The van der Waals surface area contributed by atoms with Gasteiger partial charge in [-0.05, 0) is 23.6 Å². The molecule has 238 valence electrons. The average molecular weight is 675 g/mol. The van der Waals surface area contributed by atoms with Gasteiger partial charge in [0.15, 0.2) is 11.2 Å². The molecule has 0 unspecified atom stereocenters. The highest BCUT2D eigenvalue weighted by molar-refractivity contribution is 8.00. The Bertz CT molecular complexity index is 1410. The molecule has 23 heteroatoms. The summed E-state index contributed by atoms with van der Waals surface area (Å²) in [6.45, 7) is -0.288. The molecule has 3 amide bonds. The van der Waals surface area contributed by atoms with Crippen LogP contribution in [0, 0.1) is 0 Å². The van der Waals surface area contributed by atoms with Crippen LogP contribution in [-0.4, -0.2) is 113 Å². The number of nitrogens with two attached hydrogens (primary N) is 2. The van der Waals surface area contributed by atoms with Crippen LogP contribution in [0.3, 0.4) is 0 Å². The number of β-lactam (4-membered cyclic amide) rings is 1. The minimum atomic E-state index is -1.66. The summed E-state index contributed by atoms with van der Waals surface area (Å²) < 4.78 is 6.35. The number of hydrogen-bond acceptors (Lipinski definition) is 17. The topological polar surface area (TPSA) is 296 Å². The Labute approximate surface area is 259 Å². The van der Waals surface area contributed by atoms with Crippen molar-refractivity contribution in [2.24, 2.45) is 16.2 Å². The Kier molecular flexibility index (Phi) is 10.3. The molecule has 1 saturated heterocycles. The fourth-order valence-electron chi connectivity index (χ4n) is 4.05. The first kappa shape index (κ1) is 32.6. The number of rotatable bonds is 14. The number of carboxylic acids is 2. The average Bonchev–Trinajstić information content (AvgIpc) is 3.59. The summed E-state index contributed by atoms with van der Waals surface area (Å²) in [6.07, 6.45) is -2.15. The molecule has 1 aromatic rings. The first-order valence-corrected chi connectivity index (χ1v) is 15.4. The fourth-order valence-corrected chi connectivity index (χ4v) is 6.92. The van der Waals surface area contributed by atoms with Gasteiger partial charge in [-0.3, -0.25) is 28.9 Å². The van der Waals surface area contributed by atoms with E-state index in [1.54, 1.807) is 0 Å². The maximum absolute atomic E-state index is 13.3. The Morgan fingerprint density at radius 1 is 1.20 bits per heavy atom. The zero-order valence-corrected chi connectivity index (χ0v) is 24.8. The lowest BCUT2D eigenvalue weighted by atomic mass is 10.0. The summed E-state index contributed by atoms with van der Waals surface area (Å²) in [6, 6.07) is -3.77. The van der Waals surface area contributed by atoms with Crippen molar-refractivity contribution in [1.82, 2.24) is 29.9 Å². The lowest BCUT2D eigenvalue weighted by Gasteiger charge is -2.49. The number of hydrogen-bond donors (Lipinski definition) is 7. The van der Waals surface area contributed by atoms with Crippen LogP contribution in [-0.2, 0) is 28.7 Å². The molecule has 0 spiro atoms. The van der Waals surface area contributed by atoms with E-state index in [0.717, 1.165) is 28.2 Å². The maximum atomic E-state index is 13.3. The van der Waals surface area contributed by atoms with Crippen LogP contribution in [0.1, 0.15) is 24.6 Å². The molecular formula is C21H26N10O10S3. The van der Waals surface area contributed by atoms with Crippen molar-refractivity contribution in [2.75, 3.05) is 30.5 Å². The Morgan fingerprint density at radius 2 is 1.95 bits per heavy atom. The van der Waals surface area contributed by atoms with Gasteiger partial charge in [0.05, 0.1) is 5.69 Å². The summed E-state index contributed by atoms with van der Waals surface area (Å²) in [4.78, 5) is 77.5. The van der Waals surface area contributed by atoms with Crippen molar-refractivity contribution in [3.63, 3.8) is 0 Å². The number of amides is 3. The van der Waals surface area contributed by atoms with E-state index in [9.17, 15) is 33.9 Å². The quantitative estimate of drug-likeness (QED) is 0.0705. The third-order valence-electron chi connectivity index (χ3n) is 6.13. The number of carboxylic acid groups (broad SMARTS) is 3. The normalized spacial score (nSPS) is 20.5. The molecule has 1 aromatic heterocycles. The van der Waals surface area contributed by atoms with Crippen LogP contribution >= 0.6 is 35.0 Å². The van der Waals surface area contributed by atoms with Crippen LogP contribution in [0.25, 0.3) is 0 Å². The molecular weight excluding hydrogens is 648 g/mol. The Morgan fingerprint density at radius 3 is 2.59 bits per heavy atom. The van der Waals surface area contributed by atoms with Crippen molar-refractivity contribution in [3.05, 3.63) is 22.5 Å². The van der Waals surface area contributed by atoms with Crippen molar-refractivity contribution in [3.8, 4) is 0 Å². The number of ether oxygens (including phenoxy) is 1. The lowest BCUT2D eigenvalue weighted by molar-refractivity contribution is -0.149. The number of thioether (sulfide) groups is 1. The van der Waals surface area contributed by atoms with Gasteiger partial charge in [-0.1, -0.05) is 5.22 Å². The number of nitrogens with one attached hydrogen (secondary N) is 2. The monoisotopic (exact) mass is 674 g/mol. The number of carbonyl (C=O) groups excluding carboxylic acids is 3. The number of aromatic nitrogens is 1. The standard InChI is InChI=1S/C21H26N10O10S3/c22-9(19(37)38)1-2-11(32)25-13(10-6-43-20(23)24-10)15(35)26-14-16(36)31-17(41-21(39)40)8(4-42-18(14)31)5-44-30-7-29(27-28-30)3-12(33)34/h6,9,13-14,18H,1-5,7,22H2,(H2,23,24)(H,25,32)(H,26,35)(H,33,34)(H,37,38)(H,39,40)/t9-,13+,14-,18+/m1/s1. The second kappa shape index (κ2) is 14.0. The van der Waals surface area contributed by atoms with Crippen molar-refractivity contribution < 1.29 is 48.8 Å². The summed E-state index contributed by atoms with van der Waals surface area (Å²) in [5.41, 5.74) is 11.7. The highest BCUT2D eigenvalue weighted by atomic mass is 32.2. The third-order valence-corrected chi connectivity index (χ3v) is 9.13. The summed E-state index contributed by atoms with van der Waals surface area (Å²) in [5, 5.41) is 41.8. The first-order chi connectivity index (χ1) is 20.8. The SMILES string of the molecule is Nc1nc([C@H](NC(=O)CC[C@@H](N)C(=O)O)C(=O)N[C@@H]2C(=O)N3C(OC(=O)O)=C(CSN4CN(CC(=O)O)N=N4)CS[C@@H]23)cs1. The highest BCUT2D eigenvalue weighted by Gasteiger charge is 2.54. The number of nitrogen functional groups attached to an aromatic ring is 1. The number of nitrogens with zero attached hydrogens (tertiary/aromatic N) is 6. The fraction of sp³-hybridized carbons (Fsp3) is 0.476. The molecule has 3 aliphatic heterocycles. The maximum Gasteiger partial charge on any atom is 0.512 e. The molecule has 0 aliphatic carbocycles. The van der Waals surface area contributed by atoms with E-state index in [0.29, 0.717) is 5.57 Å². The molecule has 0 saturated carbocycles. The van der Waals surface area contributed by atoms with E-state index in [-0.39, 0.29) is 54.3 Å². The molecule has 9 N–H and O–H groups in total. The van der Waals surface area contributed by atoms with Gasteiger partial charge in [-0.2, -0.15) is 4.41 Å². The summed E-state index contributed by atoms with van der Waals surface area (Å²) in [7, 11) is 0. The van der Waals surface area contributed by atoms with Crippen LogP contribution in [0.2, 0.25) is 0 Å². The predicted molar refractivity (Wildman–Crippen MR) is 152 cm³/mol. The van der Waals surface area contributed by atoms with Gasteiger partial charge in [0.2, 0.25) is 17.7 Å². The smallest absolute Gasteiger partial charge is 0.480 e. The van der Waals surface area contributed by atoms with E-state index < -0.39 is 59.3 Å². The Balaban J connectivity index is 1.42. The van der Waals surface area contributed by atoms with E-state index >= 15 is 0 Å². The Hall–Kier alpha value is -4.35. The molecule has 20 nitrogen and oxygen atoms in total. The molecule has 0 bridgehead atoms. The molecule has 0 radical (unpaired) electrons. The van der Waals surface area contributed by atoms with E-state index in [2.05, 4.69) is 26.1 Å². The zero-order valence-electron chi connectivity index (χ0n) is 22.4. The van der Waals surface area contributed by atoms with Gasteiger partial charge in [-0.25, -0.2) is 14.8 Å². The van der Waals surface area contributed by atoms with E-state index in [4.69, 9.17) is 26.4 Å². The van der Waals surface area contributed by atoms with Crippen LogP contribution in [0.15, 0.2) is 27.3 Å². The predicted octanol–water partition coefficient (Wildman–Crippen LogP) is -1.03. The van der Waals surface area contributed by atoms with Crippen LogP contribution in [0.4, 0.5) is 9.93 Å². The molecule has 1 fully saturated rings. The lowest BCUT2D eigenvalue weighted by Crippen LogP contribution is -2.70. The van der Waals surface area contributed by atoms with Gasteiger partial charge < -0.3 is 42.2 Å². The summed E-state index contributed by atoms with van der Waals surface area (Å²) >= 11 is 3.34. The molecule has 44 heavy (non-hydrogen) atoms. The van der Waals surface area contributed by atoms with Gasteiger partial charge in [0.25, 0.3) is 5.91 Å². The molecule has 4 heterocycles. The molecule has 4 rings (SSSR count). The van der Waals surface area contributed by atoms with E-state index in [1.807, 2.05) is 0 Å². The summed E-state index contributed by atoms with van der Waals surface area (Å²) in [5.74, 6) is -4.40. The largest absolute Gasteiger partial charge is 0.512 e. The molecule has 4 atom stereocenters. The number of thiazole rings is 1. The minimum absolute atomic E-state index is 0.0700. The van der Waals surface area contributed by atoms with Crippen LogP contribution < -0.4 is 22.1 Å². The number of anilines is 1. The highest BCUT2D eigenvalue weighted by Crippen LogP contribution is 2.42. The van der Waals surface area contributed by atoms with Crippen molar-refractivity contribution in [1.29, 1.82) is 0 Å². The minimum Gasteiger partial charge on any atom is -0.480 e. The second-order valence-electron chi connectivity index (χ2n) is 9.27. The third kappa shape index (κ3) is 7.78. The van der Waals surface area contributed by atoms with Crippen molar-refractivity contribution in [2.45, 2.75) is 36.3 Å². The van der Waals surface area contributed by atoms with Crippen LogP contribution in [0.5, 0.6) is 0 Å². The zero-order chi connectivity index (χ0) is 32.1. The number of carbonyl (C=O) groups is 6.